The molecule has 66 valence electrons. The van der Waals surface area contributed by atoms with Crippen LogP contribution in [0.1, 0.15) is 6.92 Å². The third-order valence-corrected chi connectivity index (χ3v) is 2.84. The summed E-state index contributed by atoms with van der Waals surface area (Å²) in [5.41, 5.74) is 0. The molecule has 1 nitrogen and oxygen atoms in total. The second kappa shape index (κ2) is 4.59. The van der Waals surface area contributed by atoms with Gasteiger partial charge < -0.3 is 4.74 Å². The molecule has 0 saturated heterocycles. The minimum Gasteiger partial charge on any atom is -0.494 e. The smallest absolute Gasteiger partial charge is 0.150 e. The van der Waals surface area contributed by atoms with E-state index >= 15 is 0 Å². The van der Waals surface area contributed by atoms with E-state index in [0.717, 1.165) is 5.75 Å². The first kappa shape index (κ1) is 10.5. The van der Waals surface area contributed by atoms with Crippen LogP contribution in [0.3, 0.4) is 0 Å². The summed E-state index contributed by atoms with van der Waals surface area (Å²) in [5, 5.41) is 0. The van der Waals surface area contributed by atoms with Crippen molar-refractivity contribution in [3.63, 3.8) is 0 Å². The van der Waals surface area contributed by atoms with Gasteiger partial charge in [0.15, 0.2) is 0 Å². The van der Waals surface area contributed by atoms with E-state index in [1.807, 2.05) is 52.1 Å². The highest BCUT2D eigenvalue weighted by Gasteiger charge is 2.06. The van der Waals surface area contributed by atoms with E-state index in [1.165, 1.54) is 0 Å². The van der Waals surface area contributed by atoms with Crippen LogP contribution in [0.4, 0.5) is 4.39 Å². The minimum atomic E-state index is -0.167. The molecule has 0 aliphatic heterocycles. The summed E-state index contributed by atoms with van der Waals surface area (Å²) in [4.78, 5) is 0. The van der Waals surface area contributed by atoms with Gasteiger partial charge in [-0.3, -0.25) is 0 Å². The normalized spacial score (nSPS) is 10.0. The molecule has 0 atom stereocenters. The van der Waals surface area contributed by atoms with Crippen molar-refractivity contribution in [1.82, 2.24) is 0 Å². The Hall–Kier alpha value is 0.410. The summed E-state index contributed by atoms with van der Waals surface area (Å²) in [6, 6.07) is 3.39. The van der Waals surface area contributed by atoms with Gasteiger partial charge in [-0.1, -0.05) is 0 Å². The minimum absolute atomic E-state index is 0.167. The predicted molar refractivity (Wildman–Crippen MR) is 63.0 cm³/mol. The van der Waals surface area contributed by atoms with E-state index < -0.39 is 0 Å². The fourth-order valence-corrected chi connectivity index (χ4v) is 2.49. The third-order valence-electron chi connectivity index (χ3n) is 1.27. The molecule has 0 N–H and O–H groups in total. The maximum atomic E-state index is 13.1. The second-order valence-electron chi connectivity index (χ2n) is 2.13. The van der Waals surface area contributed by atoms with E-state index in [9.17, 15) is 4.39 Å². The van der Waals surface area contributed by atoms with Gasteiger partial charge in [-0.15, -0.1) is 0 Å². The van der Waals surface area contributed by atoms with Crippen LogP contribution < -0.4 is 4.74 Å². The molecule has 0 radical (unpaired) electrons. The van der Waals surface area contributed by atoms with Crippen LogP contribution >= 0.6 is 45.2 Å². The van der Waals surface area contributed by atoms with Gasteiger partial charge in [0.2, 0.25) is 0 Å². The highest BCUT2D eigenvalue weighted by atomic mass is 127. The molecule has 0 amide bonds. The van der Waals surface area contributed by atoms with Crippen molar-refractivity contribution in [3.8, 4) is 5.75 Å². The third kappa shape index (κ3) is 2.45. The Balaban J connectivity index is 3.04. The quantitative estimate of drug-likeness (QED) is 0.554. The highest BCUT2D eigenvalue weighted by molar-refractivity contribution is 14.1. The number of hydrogen-bond donors (Lipinski definition) is 0. The number of benzene rings is 1. The monoisotopic (exact) mass is 392 g/mol. The lowest BCUT2D eigenvalue weighted by Gasteiger charge is -2.05. The SMILES string of the molecule is CCOc1cc(I)c(F)c(I)c1. The summed E-state index contributed by atoms with van der Waals surface area (Å²) in [6.45, 7) is 2.51. The molecule has 0 spiro atoms. The van der Waals surface area contributed by atoms with E-state index in [-0.39, 0.29) is 5.82 Å². The molecule has 1 rings (SSSR count). The predicted octanol–water partition coefficient (Wildman–Crippen LogP) is 3.43. The average Bonchev–Trinajstić information content (AvgIpc) is 2.01. The Morgan fingerprint density at radius 2 is 1.83 bits per heavy atom. The summed E-state index contributed by atoms with van der Waals surface area (Å²) in [7, 11) is 0. The Kier molecular flexibility index (Phi) is 4.01. The molecule has 0 heterocycles. The molecule has 0 aromatic heterocycles. The first-order valence-electron chi connectivity index (χ1n) is 3.42. The Bertz CT molecular complexity index is 265. The van der Waals surface area contributed by atoms with Crippen molar-refractivity contribution in [3.05, 3.63) is 25.1 Å². The summed E-state index contributed by atoms with van der Waals surface area (Å²) >= 11 is 3.91. The molecule has 1 aromatic carbocycles. The first-order valence-corrected chi connectivity index (χ1v) is 5.58. The van der Waals surface area contributed by atoms with Gasteiger partial charge in [0.1, 0.15) is 11.6 Å². The molecule has 0 aliphatic carbocycles. The Labute approximate surface area is 98.0 Å². The molecular formula is C8H7FI2O. The second-order valence-corrected chi connectivity index (χ2v) is 4.46. The van der Waals surface area contributed by atoms with Crippen LogP contribution in [-0.2, 0) is 0 Å². The van der Waals surface area contributed by atoms with Crippen molar-refractivity contribution in [2.75, 3.05) is 6.61 Å². The van der Waals surface area contributed by atoms with Crippen molar-refractivity contribution < 1.29 is 9.13 Å². The van der Waals surface area contributed by atoms with Crippen LogP contribution in [-0.4, -0.2) is 6.61 Å². The zero-order valence-electron chi connectivity index (χ0n) is 6.40. The molecule has 0 unspecified atom stereocenters. The number of ether oxygens (including phenoxy) is 1. The maximum absolute atomic E-state index is 13.1. The van der Waals surface area contributed by atoms with Gasteiger partial charge in [-0.25, -0.2) is 4.39 Å². The Morgan fingerprint density at radius 1 is 1.33 bits per heavy atom. The van der Waals surface area contributed by atoms with Crippen molar-refractivity contribution in [2.24, 2.45) is 0 Å². The largest absolute Gasteiger partial charge is 0.494 e. The lowest BCUT2D eigenvalue weighted by molar-refractivity contribution is 0.339. The fourth-order valence-electron chi connectivity index (χ4n) is 0.782. The molecule has 4 heteroatoms. The number of hydrogen-bond acceptors (Lipinski definition) is 1. The summed E-state index contributed by atoms with van der Waals surface area (Å²) in [6.07, 6.45) is 0. The molecule has 0 bridgehead atoms. The Morgan fingerprint density at radius 3 is 2.25 bits per heavy atom. The molecule has 12 heavy (non-hydrogen) atoms. The fraction of sp³-hybridized carbons (Fsp3) is 0.250. The van der Waals surface area contributed by atoms with Crippen LogP contribution in [0.2, 0.25) is 0 Å². The van der Waals surface area contributed by atoms with Crippen molar-refractivity contribution in [2.45, 2.75) is 6.92 Å². The van der Waals surface area contributed by atoms with Crippen molar-refractivity contribution >= 4 is 45.2 Å². The lowest BCUT2D eigenvalue weighted by atomic mass is 10.3. The number of rotatable bonds is 2. The van der Waals surface area contributed by atoms with Crippen molar-refractivity contribution in [1.29, 1.82) is 0 Å². The van der Waals surface area contributed by atoms with E-state index in [1.54, 1.807) is 12.1 Å². The molecule has 0 fully saturated rings. The van der Waals surface area contributed by atoms with Gasteiger partial charge in [0.25, 0.3) is 0 Å². The van der Waals surface area contributed by atoms with Crippen LogP contribution in [0.25, 0.3) is 0 Å². The lowest BCUT2D eigenvalue weighted by Crippen LogP contribution is -1.95. The van der Waals surface area contributed by atoms with Gasteiger partial charge >= 0.3 is 0 Å². The van der Waals surface area contributed by atoms with Crippen LogP contribution in [0.15, 0.2) is 12.1 Å². The summed E-state index contributed by atoms with van der Waals surface area (Å²) < 4.78 is 19.5. The summed E-state index contributed by atoms with van der Waals surface area (Å²) in [5.74, 6) is 0.562. The standard InChI is InChI=1S/C8H7FI2O/c1-2-12-5-3-6(10)8(9)7(11)4-5/h3-4H,2H2,1H3. The molecule has 1 aromatic rings. The molecule has 0 aliphatic rings. The number of halogens is 3. The first-order chi connectivity index (χ1) is 5.65. The van der Waals surface area contributed by atoms with Crippen LogP contribution in [0, 0.1) is 13.0 Å². The average molecular weight is 392 g/mol. The van der Waals surface area contributed by atoms with Gasteiger partial charge in [0, 0.05) is 0 Å². The van der Waals surface area contributed by atoms with E-state index in [0.29, 0.717) is 13.7 Å². The zero-order chi connectivity index (χ0) is 9.14. The molecule has 0 saturated carbocycles. The highest BCUT2D eigenvalue weighted by Crippen LogP contribution is 2.23. The zero-order valence-corrected chi connectivity index (χ0v) is 10.7. The van der Waals surface area contributed by atoms with E-state index in [4.69, 9.17) is 4.74 Å². The van der Waals surface area contributed by atoms with Gasteiger partial charge in [-0.05, 0) is 64.2 Å². The van der Waals surface area contributed by atoms with Gasteiger partial charge in [-0.2, -0.15) is 0 Å². The molecular weight excluding hydrogens is 385 g/mol. The topological polar surface area (TPSA) is 9.23 Å². The van der Waals surface area contributed by atoms with Crippen LogP contribution in [0.5, 0.6) is 5.75 Å². The maximum Gasteiger partial charge on any atom is 0.150 e. The van der Waals surface area contributed by atoms with Gasteiger partial charge in [0.05, 0.1) is 13.7 Å². The van der Waals surface area contributed by atoms with E-state index in [2.05, 4.69) is 0 Å².